The molecule has 1 aliphatic heterocycles. The third-order valence-corrected chi connectivity index (χ3v) is 5.17. The predicted molar refractivity (Wildman–Crippen MR) is 115 cm³/mol. The number of benzene rings is 2. The maximum atomic E-state index is 12.2. The van der Waals surface area contributed by atoms with Gasteiger partial charge in [0.05, 0.1) is 24.8 Å². The molecule has 3 rings (SSSR count). The van der Waals surface area contributed by atoms with Crippen LogP contribution in [0.3, 0.4) is 0 Å². The lowest BCUT2D eigenvalue weighted by Crippen LogP contribution is -2.46. The molecule has 1 atom stereocenters. The van der Waals surface area contributed by atoms with Crippen LogP contribution in [0.1, 0.15) is 37.9 Å². The van der Waals surface area contributed by atoms with E-state index in [4.69, 9.17) is 21.1 Å². The van der Waals surface area contributed by atoms with E-state index in [9.17, 15) is 10.1 Å². The van der Waals surface area contributed by atoms with Crippen LogP contribution in [0.2, 0.25) is 5.02 Å². The lowest BCUT2D eigenvalue weighted by Gasteiger charge is -2.33. The van der Waals surface area contributed by atoms with Crippen LogP contribution in [0.4, 0.5) is 4.79 Å². The summed E-state index contributed by atoms with van der Waals surface area (Å²) in [5.74, 6) is 1.04. The van der Waals surface area contributed by atoms with Crippen LogP contribution < -0.4 is 20.1 Å². The monoisotopic (exact) mass is 425 g/mol. The lowest BCUT2D eigenvalue weighted by molar-refractivity contribution is 0.235. The van der Waals surface area contributed by atoms with Crippen LogP contribution in [-0.2, 0) is 6.61 Å². The average Bonchev–Trinajstić information content (AvgIpc) is 2.71. The molecule has 0 unspecified atom stereocenters. The maximum absolute atomic E-state index is 12.2. The fourth-order valence-electron chi connectivity index (χ4n) is 3.28. The van der Waals surface area contributed by atoms with Gasteiger partial charge in [-0.2, -0.15) is 5.26 Å². The van der Waals surface area contributed by atoms with Crippen molar-refractivity contribution in [3.63, 3.8) is 0 Å². The van der Waals surface area contributed by atoms with Crippen molar-refractivity contribution >= 4 is 17.6 Å². The van der Waals surface area contributed by atoms with E-state index in [1.165, 1.54) is 0 Å². The molecular formula is C23H24ClN3O3. The number of nitrogens with zero attached hydrogens (tertiary/aromatic N) is 1. The van der Waals surface area contributed by atoms with E-state index in [1.54, 1.807) is 19.2 Å². The van der Waals surface area contributed by atoms with Gasteiger partial charge in [0.2, 0.25) is 0 Å². The van der Waals surface area contributed by atoms with Crippen molar-refractivity contribution in [2.45, 2.75) is 33.4 Å². The number of amides is 2. The second-order valence-corrected chi connectivity index (χ2v) is 8.38. The highest BCUT2D eigenvalue weighted by atomic mass is 35.5. The third kappa shape index (κ3) is 4.52. The summed E-state index contributed by atoms with van der Waals surface area (Å²) >= 11 is 6.19. The number of hydrogen-bond donors (Lipinski definition) is 2. The summed E-state index contributed by atoms with van der Waals surface area (Å²) < 4.78 is 11.4. The second-order valence-electron chi connectivity index (χ2n) is 7.97. The fraction of sp³-hybridized carbons (Fsp3) is 0.304. The molecule has 30 heavy (non-hydrogen) atoms. The first kappa shape index (κ1) is 21.5. The van der Waals surface area contributed by atoms with E-state index in [2.05, 4.69) is 16.7 Å². The van der Waals surface area contributed by atoms with Crippen LogP contribution in [0, 0.1) is 16.7 Å². The first-order valence-corrected chi connectivity index (χ1v) is 9.88. The fourth-order valence-corrected chi connectivity index (χ4v) is 3.47. The van der Waals surface area contributed by atoms with E-state index in [0.29, 0.717) is 27.8 Å². The lowest BCUT2D eigenvalue weighted by atomic mass is 9.84. The van der Waals surface area contributed by atoms with Gasteiger partial charge in [0, 0.05) is 21.7 Å². The van der Waals surface area contributed by atoms with E-state index in [1.807, 2.05) is 51.1 Å². The van der Waals surface area contributed by atoms with Gasteiger partial charge in [-0.1, -0.05) is 56.6 Å². The molecule has 0 fully saturated rings. The van der Waals surface area contributed by atoms with Gasteiger partial charge in [0.15, 0.2) is 11.5 Å². The Kier molecular flexibility index (Phi) is 6.23. The number of hydrogen-bond acceptors (Lipinski definition) is 4. The summed E-state index contributed by atoms with van der Waals surface area (Å²) in [4.78, 5) is 12.2. The summed E-state index contributed by atoms with van der Waals surface area (Å²) in [6.07, 6.45) is 0. The molecule has 1 aliphatic rings. The molecule has 6 nitrogen and oxygen atoms in total. The molecule has 2 aromatic rings. The van der Waals surface area contributed by atoms with Gasteiger partial charge in [-0.25, -0.2) is 4.79 Å². The summed E-state index contributed by atoms with van der Waals surface area (Å²) in [6, 6.07) is 14.1. The number of allylic oxidation sites excluding steroid dienone is 1. The van der Waals surface area contributed by atoms with Crippen LogP contribution >= 0.6 is 11.6 Å². The summed E-state index contributed by atoms with van der Waals surface area (Å²) in [7, 11) is 1.55. The van der Waals surface area contributed by atoms with Crippen LogP contribution in [0.15, 0.2) is 53.7 Å². The first-order valence-electron chi connectivity index (χ1n) is 9.51. The number of carbonyl (C=O) groups is 1. The number of methoxy groups -OCH3 is 1. The van der Waals surface area contributed by atoms with Gasteiger partial charge in [0.1, 0.15) is 6.61 Å². The third-order valence-electron chi connectivity index (χ3n) is 4.80. The Morgan fingerprint density at radius 2 is 1.90 bits per heavy atom. The predicted octanol–water partition coefficient (Wildman–Crippen LogP) is 5.11. The SMILES string of the molecule is COc1cc([C@@H]2NC(=O)NC(C(C)(C)C)=C2C#N)ccc1OCc1ccccc1Cl. The van der Waals surface area contributed by atoms with Gasteiger partial charge in [0.25, 0.3) is 0 Å². The van der Waals surface area contributed by atoms with Crippen LogP contribution in [-0.4, -0.2) is 13.1 Å². The minimum atomic E-state index is -0.579. The average molecular weight is 426 g/mol. The molecule has 0 saturated carbocycles. The highest BCUT2D eigenvalue weighted by Gasteiger charge is 2.34. The Balaban J connectivity index is 1.93. The summed E-state index contributed by atoms with van der Waals surface area (Å²) in [6.45, 7) is 6.15. The molecule has 2 amide bonds. The van der Waals surface area contributed by atoms with Gasteiger partial charge in [-0.15, -0.1) is 0 Å². The number of nitrogens with one attached hydrogen (secondary N) is 2. The van der Waals surface area contributed by atoms with E-state index >= 15 is 0 Å². The highest BCUT2D eigenvalue weighted by molar-refractivity contribution is 6.31. The minimum Gasteiger partial charge on any atom is -0.493 e. The Bertz CT molecular complexity index is 1030. The van der Waals surface area contributed by atoms with Crippen LogP contribution in [0.5, 0.6) is 11.5 Å². The van der Waals surface area contributed by atoms with Crippen molar-refractivity contribution < 1.29 is 14.3 Å². The van der Waals surface area contributed by atoms with Gasteiger partial charge in [-0.3, -0.25) is 0 Å². The molecule has 0 bridgehead atoms. The Morgan fingerprint density at radius 1 is 1.17 bits per heavy atom. The quantitative estimate of drug-likeness (QED) is 0.697. The highest BCUT2D eigenvalue weighted by Crippen LogP contribution is 2.37. The second kappa shape index (κ2) is 8.68. The van der Waals surface area contributed by atoms with E-state index in [-0.39, 0.29) is 18.1 Å². The number of ether oxygens (including phenoxy) is 2. The van der Waals surface area contributed by atoms with E-state index < -0.39 is 6.04 Å². The van der Waals surface area contributed by atoms with Crippen molar-refractivity contribution in [2.24, 2.45) is 5.41 Å². The zero-order chi connectivity index (χ0) is 21.9. The molecule has 0 spiro atoms. The van der Waals surface area contributed by atoms with Gasteiger partial charge >= 0.3 is 6.03 Å². The largest absolute Gasteiger partial charge is 0.493 e. The number of halogens is 1. The minimum absolute atomic E-state index is 0.289. The van der Waals surface area contributed by atoms with Crippen molar-refractivity contribution in [3.05, 3.63) is 69.9 Å². The molecule has 2 N–H and O–H groups in total. The van der Waals surface area contributed by atoms with Crippen LogP contribution in [0.25, 0.3) is 0 Å². The van der Waals surface area contributed by atoms with Crippen molar-refractivity contribution in [2.75, 3.05) is 7.11 Å². The summed E-state index contributed by atoms with van der Waals surface area (Å²) in [5, 5.41) is 16.0. The topological polar surface area (TPSA) is 83.4 Å². The first-order chi connectivity index (χ1) is 14.2. The van der Waals surface area contributed by atoms with Gasteiger partial charge in [-0.05, 0) is 23.8 Å². The Labute approximate surface area is 181 Å². The standard InChI is InChI=1S/C23H24ClN3O3/c1-23(2,3)21-16(12-25)20(26-22(28)27-21)14-9-10-18(19(11-14)29-4)30-13-15-7-5-6-8-17(15)24/h5-11,20H,13H2,1-4H3,(H2,26,27,28)/t20-/m0/s1. The Morgan fingerprint density at radius 3 is 2.53 bits per heavy atom. The van der Waals surface area contributed by atoms with Crippen molar-refractivity contribution in [3.8, 4) is 17.6 Å². The van der Waals surface area contributed by atoms with Gasteiger partial charge < -0.3 is 20.1 Å². The number of nitriles is 1. The molecule has 156 valence electrons. The molecule has 1 heterocycles. The normalized spacial score (nSPS) is 16.4. The zero-order valence-corrected chi connectivity index (χ0v) is 18.1. The molecule has 0 saturated heterocycles. The molecule has 0 radical (unpaired) electrons. The number of carbonyl (C=O) groups excluding carboxylic acids is 1. The number of rotatable bonds is 5. The molecule has 2 aromatic carbocycles. The number of urea groups is 1. The molecule has 7 heteroatoms. The molecule has 0 aliphatic carbocycles. The Hall–Kier alpha value is -3.17. The van der Waals surface area contributed by atoms with Crippen molar-refractivity contribution in [1.29, 1.82) is 5.26 Å². The molecule has 0 aromatic heterocycles. The smallest absolute Gasteiger partial charge is 0.319 e. The van der Waals surface area contributed by atoms with Crippen molar-refractivity contribution in [1.82, 2.24) is 10.6 Å². The van der Waals surface area contributed by atoms with E-state index in [0.717, 1.165) is 11.1 Å². The zero-order valence-electron chi connectivity index (χ0n) is 17.4. The summed E-state index contributed by atoms with van der Waals surface area (Å²) in [5.41, 5.74) is 2.28. The maximum Gasteiger partial charge on any atom is 0.319 e. The molecular weight excluding hydrogens is 402 g/mol.